The molecule has 5 heteroatoms. The average Bonchev–Trinajstić information content (AvgIpc) is 2.01. The van der Waals surface area contributed by atoms with E-state index in [1.54, 1.807) is 20.8 Å². The van der Waals surface area contributed by atoms with Gasteiger partial charge in [0.25, 0.3) is 0 Å². The van der Waals surface area contributed by atoms with E-state index in [-0.39, 0.29) is 0 Å². The van der Waals surface area contributed by atoms with Crippen molar-refractivity contribution in [3.8, 4) is 0 Å². The summed E-state index contributed by atoms with van der Waals surface area (Å²) >= 11 is 0. The van der Waals surface area contributed by atoms with Crippen LogP contribution in [0.3, 0.4) is 0 Å². The molecule has 0 spiro atoms. The van der Waals surface area contributed by atoms with Gasteiger partial charge in [0.05, 0.1) is 0 Å². The van der Waals surface area contributed by atoms with Crippen LogP contribution < -0.4 is 11.1 Å². The van der Waals surface area contributed by atoms with E-state index in [1.165, 1.54) is 0 Å². The molecular formula is C10H21FN2O2. The Kier molecular flexibility index (Phi) is 6.24. The van der Waals surface area contributed by atoms with Crippen molar-refractivity contribution < 1.29 is 13.9 Å². The van der Waals surface area contributed by atoms with Gasteiger partial charge in [-0.05, 0) is 40.2 Å². The molecule has 1 saturated heterocycles. The highest BCUT2D eigenvalue weighted by molar-refractivity contribution is 5.65. The normalized spacial score (nSPS) is 21.2. The molecule has 1 fully saturated rings. The Labute approximate surface area is 90.4 Å². The Hall–Kier alpha value is -0.840. The van der Waals surface area contributed by atoms with Crippen LogP contribution in [0.15, 0.2) is 0 Å². The van der Waals surface area contributed by atoms with Crippen LogP contribution in [-0.4, -0.2) is 31.0 Å². The molecule has 1 rings (SSSR count). The summed E-state index contributed by atoms with van der Waals surface area (Å²) in [5.41, 5.74) is 4.26. The lowest BCUT2D eigenvalue weighted by Crippen LogP contribution is -2.30. The van der Waals surface area contributed by atoms with Crippen LogP contribution in [0, 0.1) is 0 Å². The van der Waals surface area contributed by atoms with Crippen molar-refractivity contribution in [3.63, 3.8) is 0 Å². The number of piperidine rings is 1. The van der Waals surface area contributed by atoms with Crippen LogP contribution in [0.1, 0.15) is 33.6 Å². The van der Waals surface area contributed by atoms with Crippen molar-refractivity contribution in [1.82, 2.24) is 5.32 Å². The van der Waals surface area contributed by atoms with E-state index in [0.29, 0.717) is 6.54 Å². The number of primary amides is 1. The van der Waals surface area contributed by atoms with Gasteiger partial charge in [-0.25, -0.2) is 9.18 Å². The average molecular weight is 220 g/mol. The first kappa shape index (κ1) is 14.2. The molecule has 0 aromatic rings. The molecule has 0 unspecified atom stereocenters. The van der Waals surface area contributed by atoms with Gasteiger partial charge in [-0.15, -0.1) is 0 Å². The number of rotatable bonds is 0. The van der Waals surface area contributed by atoms with E-state index in [2.05, 4.69) is 10.1 Å². The van der Waals surface area contributed by atoms with E-state index >= 15 is 0 Å². The Morgan fingerprint density at radius 1 is 1.53 bits per heavy atom. The number of ether oxygens (including phenoxy) is 1. The highest BCUT2D eigenvalue weighted by Gasteiger charge is 2.12. The van der Waals surface area contributed by atoms with Crippen LogP contribution in [0.5, 0.6) is 0 Å². The third kappa shape index (κ3) is 11.1. The molecule has 0 saturated carbocycles. The summed E-state index contributed by atoms with van der Waals surface area (Å²) in [6, 6.07) is 0. The van der Waals surface area contributed by atoms with Gasteiger partial charge < -0.3 is 15.8 Å². The van der Waals surface area contributed by atoms with Gasteiger partial charge in [-0.2, -0.15) is 0 Å². The van der Waals surface area contributed by atoms with E-state index in [1.807, 2.05) is 0 Å². The number of amides is 1. The van der Waals surface area contributed by atoms with Crippen LogP contribution in [0.4, 0.5) is 9.18 Å². The maximum absolute atomic E-state index is 12.1. The minimum atomic E-state index is -0.725. The van der Waals surface area contributed by atoms with Gasteiger partial charge >= 0.3 is 6.09 Å². The highest BCUT2D eigenvalue weighted by Crippen LogP contribution is 2.05. The summed E-state index contributed by atoms with van der Waals surface area (Å²) in [7, 11) is 0. The number of nitrogens with one attached hydrogen (secondary N) is 1. The van der Waals surface area contributed by atoms with Crippen molar-refractivity contribution in [3.05, 3.63) is 0 Å². The second-order valence-corrected chi connectivity index (χ2v) is 4.48. The second kappa shape index (κ2) is 6.61. The monoisotopic (exact) mass is 220 g/mol. The van der Waals surface area contributed by atoms with E-state index in [9.17, 15) is 9.18 Å². The first-order valence-corrected chi connectivity index (χ1v) is 5.14. The molecule has 0 aromatic heterocycles. The van der Waals surface area contributed by atoms with Crippen molar-refractivity contribution in [1.29, 1.82) is 0 Å². The molecule has 1 heterocycles. The molecule has 1 aliphatic rings. The van der Waals surface area contributed by atoms with Crippen LogP contribution >= 0.6 is 0 Å². The largest absolute Gasteiger partial charge is 0.444 e. The molecule has 0 aliphatic carbocycles. The van der Waals surface area contributed by atoms with Crippen molar-refractivity contribution in [2.24, 2.45) is 5.73 Å². The molecule has 1 atom stereocenters. The lowest BCUT2D eigenvalue weighted by Gasteiger charge is -2.16. The number of alkyl halides is 1. The maximum Gasteiger partial charge on any atom is 0.405 e. The van der Waals surface area contributed by atoms with Gasteiger partial charge in [0.2, 0.25) is 0 Å². The van der Waals surface area contributed by atoms with Crippen molar-refractivity contribution >= 4 is 6.09 Å². The van der Waals surface area contributed by atoms with Gasteiger partial charge in [0, 0.05) is 6.54 Å². The first-order valence-electron chi connectivity index (χ1n) is 5.14. The summed E-state index contributed by atoms with van der Waals surface area (Å²) < 4.78 is 16.7. The molecule has 15 heavy (non-hydrogen) atoms. The van der Waals surface area contributed by atoms with Crippen LogP contribution in [-0.2, 0) is 4.74 Å². The van der Waals surface area contributed by atoms with Crippen molar-refractivity contribution in [2.45, 2.75) is 45.4 Å². The highest BCUT2D eigenvalue weighted by atomic mass is 19.1. The molecule has 3 N–H and O–H groups in total. The smallest absolute Gasteiger partial charge is 0.405 e. The number of hydrogen-bond donors (Lipinski definition) is 2. The summed E-state index contributed by atoms with van der Waals surface area (Å²) in [6.07, 6.45) is 0.458. The Morgan fingerprint density at radius 3 is 2.27 bits per heavy atom. The summed E-state index contributed by atoms with van der Waals surface area (Å²) in [4.78, 5) is 10.0. The number of halogens is 1. The standard InChI is InChI=1S/C5H10FN.C5H11NO2/c6-5-2-1-3-7-4-5;1-5(2,3)8-4(6)7/h5,7H,1-4H2;1-3H3,(H2,6,7)/t5-;/m1./s1. The Balaban J connectivity index is 0.000000262. The van der Waals surface area contributed by atoms with Crippen LogP contribution in [0.25, 0.3) is 0 Å². The zero-order chi connectivity index (χ0) is 11.9. The number of carbonyl (C=O) groups is 1. The quantitative estimate of drug-likeness (QED) is 0.651. The van der Waals surface area contributed by atoms with E-state index in [0.717, 1.165) is 19.4 Å². The number of nitrogens with two attached hydrogens (primary N) is 1. The minimum Gasteiger partial charge on any atom is -0.444 e. The fourth-order valence-corrected chi connectivity index (χ4v) is 1.11. The first-order chi connectivity index (χ1) is 6.81. The molecule has 0 radical (unpaired) electrons. The zero-order valence-electron chi connectivity index (χ0n) is 9.68. The SMILES string of the molecule is CC(C)(C)OC(N)=O.F[C@@H]1CCCNC1. The number of hydrogen-bond acceptors (Lipinski definition) is 3. The van der Waals surface area contributed by atoms with Crippen LogP contribution in [0.2, 0.25) is 0 Å². The molecular weight excluding hydrogens is 199 g/mol. The van der Waals surface area contributed by atoms with Gasteiger partial charge in [-0.1, -0.05) is 0 Å². The second-order valence-electron chi connectivity index (χ2n) is 4.48. The summed E-state index contributed by atoms with van der Waals surface area (Å²) in [5.74, 6) is 0. The Bertz CT molecular complexity index is 186. The summed E-state index contributed by atoms with van der Waals surface area (Å²) in [5, 5.41) is 2.96. The predicted molar refractivity (Wildman–Crippen MR) is 57.4 cm³/mol. The fraction of sp³-hybridized carbons (Fsp3) is 0.900. The third-order valence-corrected chi connectivity index (χ3v) is 1.64. The molecule has 1 amide bonds. The van der Waals surface area contributed by atoms with Gasteiger partial charge in [-0.3, -0.25) is 0 Å². The lowest BCUT2D eigenvalue weighted by atomic mass is 10.1. The van der Waals surface area contributed by atoms with Gasteiger partial charge in [0.1, 0.15) is 11.8 Å². The fourth-order valence-electron chi connectivity index (χ4n) is 1.11. The molecule has 0 bridgehead atoms. The lowest BCUT2D eigenvalue weighted by molar-refractivity contribution is 0.0600. The van der Waals surface area contributed by atoms with Crippen molar-refractivity contribution in [2.75, 3.05) is 13.1 Å². The maximum atomic E-state index is 12.1. The molecule has 1 aliphatic heterocycles. The number of carbonyl (C=O) groups excluding carboxylic acids is 1. The topological polar surface area (TPSA) is 64.3 Å². The molecule has 90 valence electrons. The molecule has 4 nitrogen and oxygen atoms in total. The predicted octanol–water partition coefficient (Wildman–Crippen LogP) is 1.59. The van der Waals surface area contributed by atoms with Gasteiger partial charge in [0.15, 0.2) is 0 Å². The zero-order valence-corrected chi connectivity index (χ0v) is 9.68. The molecule has 0 aromatic carbocycles. The summed E-state index contributed by atoms with van der Waals surface area (Å²) in [6.45, 7) is 6.85. The van der Waals surface area contributed by atoms with E-state index < -0.39 is 17.9 Å². The Morgan fingerprint density at radius 2 is 2.13 bits per heavy atom. The minimum absolute atomic E-state index is 0.453. The third-order valence-electron chi connectivity index (χ3n) is 1.64. The van der Waals surface area contributed by atoms with E-state index in [4.69, 9.17) is 5.73 Å².